The molecule has 0 spiro atoms. The van der Waals surface area contributed by atoms with Gasteiger partial charge in [-0.15, -0.1) is 0 Å². The van der Waals surface area contributed by atoms with Crippen LogP contribution in [0.1, 0.15) is 0 Å². The van der Waals surface area contributed by atoms with Crippen molar-refractivity contribution in [3.63, 3.8) is 0 Å². The molecule has 0 aliphatic rings. The van der Waals surface area contributed by atoms with Crippen molar-refractivity contribution in [2.75, 3.05) is 24.7 Å². The van der Waals surface area contributed by atoms with Crippen molar-refractivity contribution in [3.8, 4) is 0 Å². The van der Waals surface area contributed by atoms with Crippen LogP contribution < -0.4 is 11.5 Å². The summed E-state index contributed by atoms with van der Waals surface area (Å²) in [4.78, 5) is 10.1. The molecule has 66 valence electrons. The van der Waals surface area contributed by atoms with E-state index in [0.717, 1.165) is 11.5 Å². The molecule has 1 amide bonds. The van der Waals surface area contributed by atoms with Gasteiger partial charge < -0.3 is 16.2 Å². The first-order chi connectivity index (χ1) is 5.27. The molecule has 0 radical (unpaired) electrons. The highest BCUT2D eigenvalue weighted by Crippen LogP contribution is 2.19. The highest BCUT2D eigenvalue weighted by atomic mass is 33.1. The van der Waals surface area contributed by atoms with E-state index in [0.29, 0.717) is 13.2 Å². The van der Waals surface area contributed by atoms with Gasteiger partial charge in [0.15, 0.2) is 0 Å². The minimum absolute atomic E-state index is 0.373. The van der Waals surface area contributed by atoms with Gasteiger partial charge in [0.05, 0.1) is 0 Å². The zero-order valence-corrected chi connectivity index (χ0v) is 7.75. The number of hydrogen-bond acceptors (Lipinski definition) is 5. The Kier molecular flexibility index (Phi) is 7.98. The lowest BCUT2D eigenvalue weighted by Gasteiger charge is -1.99. The van der Waals surface area contributed by atoms with Crippen molar-refractivity contribution in [2.45, 2.75) is 0 Å². The predicted octanol–water partition coefficient (Wildman–Crippen LogP) is 0.422. The second-order valence-corrected chi connectivity index (χ2v) is 4.30. The second-order valence-electron chi connectivity index (χ2n) is 1.60. The Morgan fingerprint density at radius 1 is 1.36 bits per heavy atom. The van der Waals surface area contributed by atoms with Crippen LogP contribution in [0.25, 0.3) is 0 Å². The zero-order valence-electron chi connectivity index (χ0n) is 6.12. The first-order valence-electron chi connectivity index (χ1n) is 3.14. The molecule has 0 aliphatic carbocycles. The van der Waals surface area contributed by atoms with Crippen molar-refractivity contribution in [3.05, 3.63) is 0 Å². The summed E-state index contributed by atoms with van der Waals surface area (Å²) in [6.07, 6.45) is -0.713. The molecular formula is C5H12N2O2S2. The molecule has 4 nitrogen and oxygen atoms in total. The van der Waals surface area contributed by atoms with Crippen LogP contribution in [0.15, 0.2) is 0 Å². The van der Waals surface area contributed by atoms with E-state index in [1.807, 2.05) is 0 Å². The third-order valence-corrected chi connectivity index (χ3v) is 3.10. The van der Waals surface area contributed by atoms with Gasteiger partial charge >= 0.3 is 6.09 Å². The molecule has 0 aromatic heterocycles. The van der Waals surface area contributed by atoms with Crippen LogP contribution in [0.2, 0.25) is 0 Å². The molecule has 0 aromatic rings. The highest BCUT2D eigenvalue weighted by Gasteiger charge is 1.93. The van der Waals surface area contributed by atoms with Crippen molar-refractivity contribution in [1.29, 1.82) is 0 Å². The molecule has 0 unspecified atom stereocenters. The van der Waals surface area contributed by atoms with E-state index in [9.17, 15) is 4.79 Å². The number of hydrogen-bond donors (Lipinski definition) is 2. The van der Waals surface area contributed by atoms with Crippen LogP contribution >= 0.6 is 21.6 Å². The van der Waals surface area contributed by atoms with Crippen LogP contribution in [0, 0.1) is 0 Å². The van der Waals surface area contributed by atoms with Gasteiger partial charge in [-0.2, -0.15) is 0 Å². The van der Waals surface area contributed by atoms with Gasteiger partial charge in [0.2, 0.25) is 0 Å². The van der Waals surface area contributed by atoms with Crippen LogP contribution in [0.4, 0.5) is 4.79 Å². The Bertz CT molecular complexity index is 113. The second kappa shape index (κ2) is 8.03. The fraction of sp³-hybridized carbons (Fsp3) is 0.800. The first kappa shape index (κ1) is 10.9. The molecule has 0 saturated heterocycles. The molecule has 0 aliphatic heterocycles. The molecule has 0 bridgehead atoms. The van der Waals surface area contributed by atoms with Crippen molar-refractivity contribution in [1.82, 2.24) is 0 Å². The van der Waals surface area contributed by atoms with E-state index in [2.05, 4.69) is 4.74 Å². The number of carbonyl (C=O) groups is 1. The lowest BCUT2D eigenvalue weighted by Crippen LogP contribution is -2.14. The van der Waals surface area contributed by atoms with Gasteiger partial charge in [-0.05, 0) is 0 Å². The molecule has 0 atom stereocenters. The van der Waals surface area contributed by atoms with Crippen molar-refractivity contribution < 1.29 is 9.53 Å². The zero-order chi connectivity index (χ0) is 8.53. The van der Waals surface area contributed by atoms with Crippen LogP contribution in [0.5, 0.6) is 0 Å². The van der Waals surface area contributed by atoms with E-state index in [-0.39, 0.29) is 0 Å². The lowest BCUT2D eigenvalue weighted by molar-refractivity contribution is 0.164. The van der Waals surface area contributed by atoms with E-state index >= 15 is 0 Å². The molecule has 0 aromatic carbocycles. The molecule has 0 heterocycles. The summed E-state index contributed by atoms with van der Waals surface area (Å²) in [5.74, 6) is 1.68. The number of nitrogens with two attached hydrogens (primary N) is 2. The average Bonchev–Trinajstić information content (AvgIpc) is 1.96. The maximum absolute atomic E-state index is 10.1. The third kappa shape index (κ3) is 9.93. The van der Waals surface area contributed by atoms with E-state index in [4.69, 9.17) is 11.5 Å². The lowest BCUT2D eigenvalue weighted by atomic mass is 10.8. The molecule has 11 heavy (non-hydrogen) atoms. The summed E-state index contributed by atoms with van der Waals surface area (Å²) in [5.41, 5.74) is 9.99. The van der Waals surface area contributed by atoms with Crippen LogP contribution in [-0.4, -0.2) is 30.8 Å². The highest BCUT2D eigenvalue weighted by molar-refractivity contribution is 8.76. The Morgan fingerprint density at radius 2 is 2.00 bits per heavy atom. The van der Waals surface area contributed by atoms with Gasteiger partial charge in [-0.25, -0.2) is 4.79 Å². The largest absolute Gasteiger partial charge is 0.449 e. The number of rotatable bonds is 6. The van der Waals surface area contributed by atoms with Crippen molar-refractivity contribution in [2.24, 2.45) is 11.5 Å². The SMILES string of the molecule is NCCSSCCOC(N)=O. The predicted molar refractivity (Wildman–Crippen MR) is 49.5 cm³/mol. The standard InChI is InChI=1S/C5H12N2O2S2/c6-1-3-10-11-4-2-9-5(7)8/h1-4,6H2,(H2,7,8). The van der Waals surface area contributed by atoms with Crippen molar-refractivity contribution >= 4 is 27.7 Å². The summed E-state index contributed by atoms with van der Waals surface area (Å²) < 4.78 is 4.50. The molecule has 0 saturated carbocycles. The molecule has 6 heteroatoms. The van der Waals surface area contributed by atoms with E-state index in [1.165, 1.54) is 0 Å². The summed E-state index contributed by atoms with van der Waals surface area (Å²) in [7, 11) is 3.29. The molecule has 0 fully saturated rings. The summed E-state index contributed by atoms with van der Waals surface area (Å²) in [6.45, 7) is 1.05. The Labute approximate surface area is 73.8 Å². The Morgan fingerprint density at radius 3 is 2.55 bits per heavy atom. The first-order valence-corrected chi connectivity index (χ1v) is 5.63. The summed E-state index contributed by atoms with van der Waals surface area (Å²) in [5, 5.41) is 0. The van der Waals surface area contributed by atoms with E-state index in [1.54, 1.807) is 21.6 Å². The number of carbonyl (C=O) groups excluding carboxylic acids is 1. The number of primary amides is 1. The van der Waals surface area contributed by atoms with Gasteiger partial charge in [-0.1, -0.05) is 21.6 Å². The van der Waals surface area contributed by atoms with Crippen LogP contribution in [0.3, 0.4) is 0 Å². The van der Waals surface area contributed by atoms with Gasteiger partial charge in [0.1, 0.15) is 6.61 Å². The Balaban J connectivity index is 2.85. The summed E-state index contributed by atoms with van der Waals surface area (Å²) >= 11 is 0. The minimum atomic E-state index is -0.713. The van der Waals surface area contributed by atoms with Gasteiger partial charge in [0.25, 0.3) is 0 Å². The van der Waals surface area contributed by atoms with Crippen LogP contribution in [-0.2, 0) is 4.74 Å². The average molecular weight is 196 g/mol. The van der Waals surface area contributed by atoms with E-state index < -0.39 is 6.09 Å². The topological polar surface area (TPSA) is 78.3 Å². The monoisotopic (exact) mass is 196 g/mol. The molecule has 0 rings (SSSR count). The quantitative estimate of drug-likeness (QED) is 0.475. The smallest absolute Gasteiger partial charge is 0.404 e. The fourth-order valence-electron chi connectivity index (χ4n) is 0.342. The van der Waals surface area contributed by atoms with Gasteiger partial charge in [0, 0.05) is 18.1 Å². The minimum Gasteiger partial charge on any atom is -0.449 e. The molecule has 4 N–H and O–H groups in total. The number of amides is 1. The maximum atomic E-state index is 10.1. The third-order valence-electron chi connectivity index (χ3n) is 0.696. The molecular weight excluding hydrogens is 184 g/mol. The number of ether oxygens (including phenoxy) is 1. The maximum Gasteiger partial charge on any atom is 0.404 e. The normalized spacial score (nSPS) is 9.55. The Hall–Kier alpha value is -0.0700. The van der Waals surface area contributed by atoms with Gasteiger partial charge in [-0.3, -0.25) is 0 Å². The summed E-state index contributed by atoms with van der Waals surface area (Å²) in [6, 6.07) is 0. The fourth-order valence-corrected chi connectivity index (χ4v) is 2.03.